The Hall–Kier alpha value is -0.791. The molecule has 0 saturated carbocycles. The molecule has 0 spiro atoms. The van der Waals surface area contributed by atoms with E-state index in [0.29, 0.717) is 6.61 Å². The first-order valence-corrected chi connectivity index (χ1v) is 4.29. The molecule has 18 heavy (non-hydrogen) atoms. The molecule has 0 aliphatic rings. The van der Waals surface area contributed by atoms with Gasteiger partial charge in [0.1, 0.15) is 0 Å². The first kappa shape index (κ1) is 30.3. The number of ether oxygens (including phenoxy) is 1. The van der Waals surface area contributed by atoms with Crippen LogP contribution in [0.1, 0.15) is 13.8 Å². The number of carbonyl (C=O) groups excluding carboxylic acids is 1. The van der Waals surface area contributed by atoms with Crippen molar-refractivity contribution in [1.82, 2.24) is 0 Å². The zero-order valence-corrected chi connectivity index (χ0v) is 11.2. The van der Waals surface area contributed by atoms with E-state index in [-0.39, 0.29) is 29.0 Å². The Morgan fingerprint density at radius 3 is 1.94 bits per heavy atom. The van der Waals surface area contributed by atoms with Gasteiger partial charge in [0.05, 0.1) is 12.5 Å². The molecule has 0 aromatic rings. The molecule has 0 rings (SSSR count). The van der Waals surface area contributed by atoms with Crippen molar-refractivity contribution in [1.29, 1.82) is 0 Å². The summed E-state index contributed by atoms with van der Waals surface area (Å²) >= 11 is 0. The Kier molecular flexibility index (Phi) is 60.6. The quantitative estimate of drug-likeness (QED) is 0.333. The van der Waals surface area contributed by atoms with Crippen LogP contribution in [0.3, 0.4) is 0 Å². The average Bonchev–Trinajstić information content (AvgIpc) is 2.43. The summed E-state index contributed by atoms with van der Waals surface area (Å²) in [6.45, 7) is 21.0. The van der Waals surface area contributed by atoms with Crippen LogP contribution < -0.4 is 0 Å². The summed E-state index contributed by atoms with van der Waals surface area (Å²) in [4.78, 5) is 10.9. The maximum absolute atomic E-state index is 10.9. The van der Waals surface area contributed by atoms with Crippen LogP contribution in [-0.4, -0.2) is 12.6 Å². The summed E-state index contributed by atoms with van der Waals surface area (Å²) in [6.07, 6.45) is 5.13. The number of carbonyl (C=O) groups is 1. The number of hydrogen-bond acceptors (Lipinski definition) is 2. The van der Waals surface area contributed by atoms with Gasteiger partial charge in [-0.15, -0.1) is 0 Å². The molecule has 0 bridgehead atoms. The average molecular weight is 294 g/mol. The monoisotopic (exact) mass is 294 g/mol. The summed E-state index contributed by atoms with van der Waals surface area (Å²) in [5.41, 5.74) is 0. The minimum atomic E-state index is -0.189. The molecule has 6 heteroatoms. The molecule has 0 unspecified atom stereocenters. The van der Waals surface area contributed by atoms with E-state index in [1.807, 2.05) is 0 Å². The van der Waals surface area contributed by atoms with Gasteiger partial charge in [-0.25, -0.2) is 0 Å². The Balaban J connectivity index is -0.0000000700. The van der Waals surface area contributed by atoms with Crippen molar-refractivity contribution >= 4 is 5.97 Å². The van der Waals surface area contributed by atoms with Crippen molar-refractivity contribution in [2.24, 2.45) is 5.92 Å². The van der Waals surface area contributed by atoms with E-state index in [1.165, 1.54) is 0 Å². The maximum atomic E-state index is 10.9. The molecule has 0 aromatic heterocycles. The first-order valence-electron chi connectivity index (χ1n) is 4.29. The van der Waals surface area contributed by atoms with Gasteiger partial charge < -0.3 is 4.74 Å². The molecule has 0 heterocycles. The van der Waals surface area contributed by atoms with Crippen LogP contribution in [0.2, 0.25) is 0 Å². The predicted octanol–water partition coefficient (Wildman–Crippen LogP) is 1.52. The van der Waals surface area contributed by atoms with E-state index in [1.54, 1.807) is 33.1 Å². The largest absolute Gasteiger partial charge is 0.466 e. The van der Waals surface area contributed by atoms with Crippen LogP contribution >= 0.6 is 0 Å². The van der Waals surface area contributed by atoms with Crippen LogP contribution in [0, 0.1) is 52.1 Å². The Bertz CT molecular complexity index is 196. The first-order chi connectivity index (χ1) is 8.22. The van der Waals surface area contributed by atoms with E-state index >= 15 is 0 Å². The fourth-order valence-electron chi connectivity index (χ4n) is 0.598. The van der Waals surface area contributed by atoms with Gasteiger partial charge in [0, 0.05) is 17.1 Å². The minimum Gasteiger partial charge on any atom is -0.466 e. The second-order valence-electron chi connectivity index (χ2n) is 2.16. The second kappa shape index (κ2) is 36.0. The summed E-state index contributed by atoms with van der Waals surface area (Å²) < 4.78 is 27.3. The second-order valence-corrected chi connectivity index (χ2v) is 2.16. The van der Waals surface area contributed by atoms with Crippen molar-refractivity contribution in [3.05, 3.63) is 46.1 Å². The third-order valence-corrected chi connectivity index (χ3v) is 1.19. The SMILES string of the molecule is [C-]#[O+].[C-]#[O+].[C-]#[O+].[CH2][CH][CH][CH][C@@H](C)C(=O)OCC.[Fe]. The number of rotatable bonds is 5. The van der Waals surface area contributed by atoms with Crippen LogP contribution in [0.15, 0.2) is 0 Å². The van der Waals surface area contributed by atoms with Crippen LogP contribution in [0.5, 0.6) is 0 Å². The standard InChI is InChI=1S/C9H14O2.3CO.Fe/c1-4-6-7-8(3)9(10)11-5-2;3*1-2;/h4,6-8H,1,5H2,2-3H3;;;;/t8-;;;;/m1..../s1. The summed E-state index contributed by atoms with van der Waals surface area (Å²) in [5.74, 6) is -0.362. The van der Waals surface area contributed by atoms with Gasteiger partial charge in [0.2, 0.25) is 0 Å². The molecule has 1 atom stereocenters. The third-order valence-electron chi connectivity index (χ3n) is 1.19. The van der Waals surface area contributed by atoms with Crippen molar-refractivity contribution < 1.29 is 40.6 Å². The van der Waals surface area contributed by atoms with Crippen LogP contribution in [-0.2, 0) is 40.6 Å². The van der Waals surface area contributed by atoms with E-state index in [2.05, 4.69) is 26.9 Å². The van der Waals surface area contributed by atoms with Gasteiger partial charge >= 0.3 is 39.9 Å². The van der Waals surface area contributed by atoms with E-state index in [4.69, 9.17) is 18.7 Å². The molecule has 5 nitrogen and oxygen atoms in total. The zero-order valence-electron chi connectivity index (χ0n) is 10.1. The summed E-state index contributed by atoms with van der Waals surface area (Å²) in [5, 5.41) is 0. The number of hydrogen-bond donors (Lipinski definition) is 0. The van der Waals surface area contributed by atoms with Gasteiger partial charge in [-0.2, -0.15) is 0 Å². The van der Waals surface area contributed by atoms with Gasteiger partial charge in [-0.05, 0) is 33.1 Å². The molecule has 0 aliphatic heterocycles. The maximum Gasteiger partial charge on any atom is 0.308 e. The molecule has 0 saturated heterocycles. The molecule has 0 amide bonds. The molecule has 100 valence electrons. The van der Waals surface area contributed by atoms with Gasteiger partial charge in [0.25, 0.3) is 0 Å². The molecule has 4 radical (unpaired) electrons. The van der Waals surface area contributed by atoms with Crippen molar-refractivity contribution in [3.63, 3.8) is 0 Å². The van der Waals surface area contributed by atoms with Crippen molar-refractivity contribution in [2.45, 2.75) is 13.8 Å². The topological polar surface area (TPSA) is 86.0 Å². The fraction of sp³-hybridized carbons (Fsp3) is 0.333. The van der Waals surface area contributed by atoms with Crippen LogP contribution in [0.4, 0.5) is 0 Å². The summed E-state index contributed by atoms with van der Waals surface area (Å²) in [6, 6.07) is 0. The van der Waals surface area contributed by atoms with E-state index < -0.39 is 0 Å². The van der Waals surface area contributed by atoms with Crippen molar-refractivity contribution in [2.75, 3.05) is 6.61 Å². The number of esters is 1. The Morgan fingerprint density at radius 2 is 1.67 bits per heavy atom. The molecule has 0 N–H and O–H groups in total. The molecule has 0 fully saturated rings. The smallest absolute Gasteiger partial charge is 0.308 e. The molecule has 0 aliphatic carbocycles. The van der Waals surface area contributed by atoms with E-state index in [9.17, 15) is 4.79 Å². The third kappa shape index (κ3) is 29.5. The minimum absolute atomic E-state index is 0. The molecular formula is C12H14FeO5. The van der Waals surface area contributed by atoms with Gasteiger partial charge in [-0.3, -0.25) is 4.79 Å². The Labute approximate surface area is 119 Å². The normalized spacial score (nSPS) is 8.06. The Morgan fingerprint density at radius 1 is 1.28 bits per heavy atom. The van der Waals surface area contributed by atoms with Gasteiger partial charge in [0.15, 0.2) is 0 Å². The fourth-order valence-corrected chi connectivity index (χ4v) is 0.598. The molecular weight excluding hydrogens is 280 g/mol. The predicted molar refractivity (Wildman–Crippen MR) is 55.8 cm³/mol. The van der Waals surface area contributed by atoms with Crippen molar-refractivity contribution in [3.8, 4) is 0 Å². The number of unbranched alkanes of at least 4 members (excludes halogenated alkanes) is 1. The van der Waals surface area contributed by atoms with Crippen LogP contribution in [0.25, 0.3) is 0 Å². The molecule has 0 aromatic carbocycles. The van der Waals surface area contributed by atoms with E-state index in [0.717, 1.165) is 0 Å². The van der Waals surface area contributed by atoms with Gasteiger partial charge in [-0.1, -0.05) is 6.92 Å². The zero-order chi connectivity index (χ0) is 14.7. The summed E-state index contributed by atoms with van der Waals surface area (Å²) in [7, 11) is 0.